The molecule has 24 heavy (non-hydrogen) atoms. The lowest BCUT2D eigenvalue weighted by Gasteiger charge is -2.20. The first-order chi connectivity index (χ1) is 11.7. The Morgan fingerprint density at radius 3 is 3.12 bits per heavy atom. The van der Waals surface area contributed by atoms with Gasteiger partial charge in [-0.05, 0) is 25.5 Å². The fourth-order valence-electron chi connectivity index (χ4n) is 3.16. The highest BCUT2D eigenvalue weighted by Gasteiger charge is 2.25. The van der Waals surface area contributed by atoms with Crippen LogP contribution in [0, 0.1) is 6.92 Å². The van der Waals surface area contributed by atoms with E-state index in [1.165, 1.54) is 5.69 Å². The first kappa shape index (κ1) is 15.8. The van der Waals surface area contributed by atoms with E-state index in [1.807, 2.05) is 25.3 Å². The van der Waals surface area contributed by atoms with Crippen LogP contribution in [0.2, 0.25) is 5.02 Å². The zero-order chi connectivity index (χ0) is 16.5. The number of aryl methyl sites for hydroxylation is 1. The van der Waals surface area contributed by atoms with Crippen LogP contribution in [0.1, 0.15) is 17.1 Å². The van der Waals surface area contributed by atoms with Crippen LogP contribution in [-0.2, 0) is 11.3 Å². The normalized spacial score (nSPS) is 17.8. The molecule has 0 spiro atoms. The summed E-state index contributed by atoms with van der Waals surface area (Å²) < 4.78 is 6.05. The van der Waals surface area contributed by atoms with E-state index in [4.69, 9.17) is 16.3 Å². The second-order valence-electron chi connectivity index (χ2n) is 5.99. The van der Waals surface area contributed by atoms with Crippen LogP contribution < -0.4 is 4.90 Å². The number of para-hydroxylation sites is 1. The third-order valence-corrected chi connectivity index (χ3v) is 5.45. The van der Waals surface area contributed by atoms with Gasteiger partial charge in [0, 0.05) is 35.7 Å². The number of nitrogens with zero attached hydrogens (tertiary/aromatic N) is 3. The average Bonchev–Trinajstić information content (AvgIpc) is 3.22. The van der Waals surface area contributed by atoms with Gasteiger partial charge >= 0.3 is 0 Å². The van der Waals surface area contributed by atoms with Crippen molar-refractivity contribution in [1.82, 2.24) is 9.97 Å². The molecule has 1 aliphatic heterocycles. The number of anilines is 1. The third-order valence-electron chi connectivity index (χ3n) is 4.32. The topological polar surface area (TPSA) is 38.2 Å². The maximum absolute atomic E-state index is 6.27. The maximum Gasteiger partial charge on any atom is 0.0908 e. The predicted octanol–water partition coefficient (Wildman–Crippen LogP) is 4.45. The molecule has 1 aromatic carbocycles. The van der Waals surface area contributed by atoms with Gasteiger partial charge in [-0.3, -0.25) is 4.98 Å². The van der Waals surface area contributed by atoms with Gasteiger partial charge in [-0.1, -0.05) is 23.7 Å². The van der Waals surface area contributed by atoms with Gasteiger partial charge in [0.15, 0.2) is 0 Å². The van der Waals surface area contributed by atoms with E-state index in [-0.39, 0.29) is 6.10 Å². The van der Waals surface area contributed by atoms with Crippen molar-refractivity contribution in [3.8, 4) is 0 Å². The summed E-state index contributed by atoms with van der Waals surface area (Å²) in [6.45, 7) is 4.47. The molecule has 1 aliphatic rings. The Balaban J connectivity index is 1.48. The molecule has 4 rings (SSSR count). The van der Waals surface area contributed by atoms with Crippen LogP contribution in [0.4, 0.5) is 5.69 Å². The van der Waals surface area contributed by atoms with Gasteiger partial charge in [0.05, 0.1) is 34.0 Å². The van der Waals surface area contributed by atoms with Crippen LogP contribution in [0.15, 0.2) is 35.8 Å². The number of pyridine rings is 1. The fraction of sp³-hybridized carbons (Fsp3) is 0.333. The van der Waals surface area contributed by atoms with E-state index < -0.39 is 0 Å². The molecular weight excluding hydrogens is 342 g/mol. The van der Waals surface area contributed by atoms with E-state index >= 15 is 0 Å². The lowest BCUT2D eigenvalue weighted by Crippen LogP contribution is -2.23. The molecule has 124 valence electrons. The predicted molar refractivity (Wildman–Crippen MR) is 99.0 cm³/mol. The quantitative estimate of drug-likeness (QED) is 0.689. The molecule has 0 N–H and O–H groups in total. The summed E-state index contributed by atoms with van der Waals surface area (Å²) >= 11 is 7.94. The molecule has 1 unspecified atom stereocenters. The van der Waals surface area contributed by atoms with Gasteiger partial charge < -0.3 is 9.64 Å². The number of thiazole rings is 1. The van der Waals surface area contributed by atoms with Crippen molar-refractivity contribution in [3.63, 3.8) is 0 Å². The Morgan fingerprint density at radius 1 is 1.38 bits per heavy atom. The number of rotatable bonds is 4. The summed E-state index contributed by atoms with van der Waals surface area (Å²) in [7, 11) is 0. The molecule has 2 aromatic heterocycles. The van der Waals surface area contributed by atoms with Crippen molar-refractivity contribution in [1.29, 1.82) is 0 Å². The van der Waals surface area contributed by atoms with Gasteiger partial charge in [0.1, 0.15) is 0 Å². The molecule has 0 saturated carbocycles. The summed E-state index contributed by atoms with van der Waals surface area (Å²) in [5.41, 5.74) is 3.06. The minimum Gasteiger partial charge on any atom is -0.370 e. The van der Waals surface area contributed by atoms with Crippen molar-refractivity contribution < 1.29 is 4.74 Å². The summed E-state index contributed by atoms with van der Waals surface area (Å²) in [5.74, 6) is 0. The number of benzene rings is 1. The van der Waals surface area contributed by atoms with Crippen LogP contribution in [0.25, 0.3) is 10.9 Å². The summed E-state index contributed by atoms with van der Waals surface area (Å²) in [5, 5.41) is 4.95. The number of fused-ring (bicyclic) bond motifs is 1. The van der Waals surface area contributed by atoms with E-state index in [2.05, 4.69) is 32.4 Å². The Bertz CT molecular complexity index is 866. The van der Waals surface area contributed by atoms with Crippen LogP contribution >= 0.6 is 22.9 Å². The fourth-order valence-corrected chi connectivity index (χ4v) is 3.98. The third kappa shape index (κ3) is 3.11. The Kier molecular flexibility index (Phi) is 4.39. The summed E-state index contributed by atoms with van der Waals surface area (Å²) in [6.07, 6.45) is 3.08. The monoisotopic (exact) mass is 359 g/mol. The minimum absolute atomic E-state index is 0.231. The van der Waals surface area contributed by atoms with Crippen molar-refractivity contribution >= 4 is 39.5 Å². The molecular formula is C18H18ClN3OS. The first-order valence-electron chi connectivity index (χ1n) is 8.01. The maximum atomic E-state index is 6.27. The number of halogens is 1. The zero-order valence-electron chi connectivity index (χ0n) is 13.4. The molecule has 1 saturated heterocycles. The molecule has 1 atom stereocenters. The van der Waals surface area contributed by atoms with Crippen LogP contribution in [-0.4, -0.2) is 29.2 Å². The van der Waals surface area contributed by atoms with Gasteiger partial charge in [-0.15, -0.1) is 11.3 Å². The molecule has 1 fully saturated rings. The second-order valence-corrected chi connectivity index (χ2v) is 7.46. The van der Waals surface area contributed by atoms with Crippen LogP contribution in [0.3, 0.4) is 0 Å². The largest absolute Gasteiger partial charge is 0.370 e. The van der Waals surface area contributed by atoms with Crippen molar-refractivity contribution in [2.45, 2.75) is 26.1 Å². The van der Waals surface area contributed by atoms with E-state index in [9.17, 15) is 0 Å². The average molecular weight is 360 g/mol. The molecule has 0 amide bonds. The Hall–Kier alpha value is -1.69. The molecule has 0 bridgehead atoms. The molecule has 3 heterocycles. The molecule has 6 heteroatoms. The Labute approximate surface area is 150 Å². The highest BCUT2D eigenvalue weighted by molar-refractivity contribution is 7.09. The van der Waals surface area contributed by atoms with Crippen molar-refractivity contribution in [2.75, 3.05) is 18.0 Å². The highest BCUT2D eigenvalue weighted by Crippen LogP contribution is 2.32. The standard InChI is InChI=1S/C18H18ClN3OS/c1-12-21-13(11-24-12)10-23-14-6-8-22(9-14)17-5-7-20-18-15(17)3-2-4-16(18)19/h2-5,7,11,14H,6,8-10H2,1H3. The molecule has 0 radical (unpaired) electrons. The molecule has 3 aromatic rings. The second kappa shape index (κ2) is 6.67. The van der Waals surface area contributed by atoms with E-state index in [0.29, 0.717) is 11.6 Å². The number of hydrogen-bond acceptors (Lipinski definition) is 5. The van der Waals surface area contributed by atoms with E-state index in [0.717, 1.165) is 41.1 Å². The lowest BCUT2D eigenvalue weighted by molar-refractivity contribution is 0.0536. The Morgan fingerprint density at radius 2 is 2.29 bits per heavy atom. The SMILES string of the molecule is Cc1nc(COC2CCN(c3ccnc4c(Cl)cccc34)C2)cs1. The zero-order valence-corrected chi connectivity index (χ0v) is 15.0. The highest BCUT2D eigenvalue weighted by atomic mass is 35.5. The van der Waals surface area contributed by atoms with Gasteiger partial charge in [-0.25, -0.2) is 4.98 Å². The number of aromatic nitrogens is 2. The van der Waals surface area contributed by atoms with Gasteiger partial charge in [-0.2, -0.15) is 0 Å². The first-order valence-corrected chi connectivity index (χ1v) is 9.27. The molecule has 0 aliphatic carbocycles. The van der Waals surface area contributed by atoms with Gasteiger partial charge in [0.2, 0.25) is 0 Å². The summed E-state index contributed by atoms with van der Waals surface area (Å²) in [4.78, 5) is 11.2. The number of hydrogen-bond donors (Lipinski definition) is 0. The lowest BCUT2D eigenvalue weighted by atomic mass is 10.1. The van der Waals surface area contributed by atoms with Crippen molar-refractivity contribution in [2.24, 2.45) is 0 Å². The minimum atomic E-state index is 0.231. The summed E-state index contributed by atoms with van der Waals surface area (Å²) in [6, 6.07) is 8.00. The smallest absolute Gasteiger partial charge is 0.0908 e. The van der Waals surface area contributed by atoms with Gasteiger partial charge in [0.25, 0.3) is 0 Å². The van der Waals surface area contributed by atoms with Crippen molar-refractivity contribution in [3.05, 3.63) is 51.6 Å². The van der Waals surface area contributed by atoms with Crippen LogP contribution in [0.5, 0.6) is 0 Å². The van der Waals surface area contributed by atoms with E-state index in [1.54, 1.807) is 11.3 Å². The molecule has 4 nitrogen and oxygen atoms in total. The number of ether oxygens (including phenoxy) is 1.